The van der Waals surface area contributed by atoms with Crippen LogP contribution in [0.2, 0.25) is 0 Å². The number of rotatable bonds is 2. The van der Waals surface area contributed by atoms with Crippen molar-refractivity contribution >= 4 is 11.8 Å². The number of thioether (sulfide) groups is 1. The molecule has 0 radical (unpaired) electrons. The highest BCUT2D eigenvalue weighted by atomic mass is 79.9. The van der Waals surface area contributed by atoms with E-state index in [0.717, 1.165) is 29.4 Å². The molecule has 26 heavy (non-hydrogen) atoms. The first-order chi connectivity index (χ1) is 12.4. The van der Waals surface area contributed by atoms with Gasteiger partial charge in [0, 0.05) is 11.3 Å². The van der Waals surface area contributed by atoms with Gasteiger partial charge in [-0.3, -0.25) is 0 Å². The van der Waals surface area contributed by atoms with Crippen LogP contribution in [-0.2, 0) is 6.54 Å². The van der Waals surface area contributed by atoms with Gasteiger partial charge in [0.25, 0.3) is 0 Å². The third-order valence-electron chi connectivity index (χ3n) is 4.58. The lowest BCUT2D eigenvalue weighted by atomic mass is 10.1. The normalized spacial score (nSPS) is 15.1. The number of ether oxygens (including phenoxy) is 2. The summed E-state index contributed by atoms with van der Waals surface area (Å²) in [6, 6.07) is 16.8. The molecule has 0 saturated carbocycles. The predicted molar refractivity (Wildman–Crippen MR) is 97.7 cm³/mol. The van der Waals surface area contributed by atoms with Gasteiger partial charge < -0.3 is 26.5 Å². The van der Waals surface area contributed by atoms with Crippen LogP contribution in [0.3, 0.4) is 0 Å². The summed E-state index contributed by atoms with van der Waals surface area (Å²) >= 11 is 1.92. The maximum Gasteiger partial charge on any atom is 0.323 e. The van der Waals surface area contributed by atoms with E-state index in [-0.39, 0.29) is 17.0 Å². The number of halogens is 1. The highest BCUT2D eigenvalue weighted by Crippen LogP contribution is 2.37. The Balaban J connectivity index is 0.00000168. The second-order valence-corrected chi connectivity index (χ2v) is 7.28. The molecule has 0 spiro atoms. The third kappa shape index (κ3) is 3.01. The standard InChI is InChI=1S/C20H19N2O2S.BrH/c1-2-5-16(6-3-1)22-17(14-21-9-4-12-25-20(21)22)15-7-8-18-19(13-15)24-11-10-23-18;/h1-3,5-8,13-14H,4,9-12H2;1H/q+1;/p-1. The topological polar surface area (TPSA) is 27.3 Å². The Bertz CT molecular complexity index is 927. The zero-order valence-corrected chi connectivity index (χ0v) is 16.6. The Morgan fingerprint density at radius 3 is 2.62 bits per heavy atom. The Morgan fingerprint density at radius 2 is 1.77 bits per heavy atom. The number of hydrogen-bond acceptors (Lipinski definition) is 3. The van der Waals surface area contributed by atoms with Gasteiger partial charge in [-0.2, -0.15) is 4.57 Å². The average molecular weight is 431 g/mol. The summed E-state index contributed by atoms with van der Waals surface area (Å²) in [5.74, 6) is 2.83. The van der Waals surface area contributed by atoms with Crippen LogP contribution in [0, 0.1) is 0 Å². The van der Waals surface area contributed by atoms with E-state index in [9.17, 15) is 0 Å². The second-order valence-electron chi connectivity index (χ2n) is 6.22. The summed E-state index contributed by atoms with van der Waals surface area (Å²) in [5.41, 5.74) is 3.53. The predicted octanol–water partition coefficient (Wildman–Crippen LogP) is 0.703. The Kier molecular flexibility index (Phi) is 4.96. The summed E-state index contributed by atoms with van der Waals surface area (Å²) in [6.45, 7) is 2.30. The molecule has 4 nitrogen and oxygen atoms in total. The number of aromatic nitrogens is 2. The molecule has 0 amide bonds. The fraction of sp³-hybridized carbons (Fsp3) is 0.250. The van der Waals surface area contributed by atoms with E-state index in [1.807, 2.05) is 17.8 Å². The molecule has 0 unspecified atom stereocenters. The molecule has 1 aromatic heterocycles. The van der Waals surface area contributed by atoms with Crippen LogP contribution in [0.1, 0.15) is 6.42 Å². The summed E-state index contributed by atoms with van der Waals surface area (Å²) in [6.07, 6.45) is 3.47. The minimum absolute atomic E-state index is 0. The van der Waals surface area contributed by atoms with Crippen LogP contribution in [0.25, 0.3) is 16.9 Å². The van der Waals surface area contributed by atoms with Crippen LogP contribution in [0.5, 0.6) is 11.5 Å². The molecule has 0 bridgehead atoms. The fourth-order valence-corrected chi connectivity index (χ4v) is 4.53. The zero-order chi connectivity index (χ0) is 16.6. The highest BCUT2D eigenvalue weighted by Gasteiger charge is 2.29. The van der Waals surface area contributed by atoms with E-state index in [1.165, 1.54) is 23.0 Å². The molecule has 0 saturated heterocycles. The van der Waals surface area contributed by atoms with E-state index < -0.39 is 0 Å². The second kappa shape index (κ2) is 7.37. The SMILES string of the molecule is [Br-].c1ccc(-n2c(-c3ccc4c(c3)OCCO4)c[n+]3c2SCCC3)cc1. The van der Waals surface area contributed by atoms with Crippen molar-refractivity contribution in [3.63, 3.8) is 0 Å². The van der Waals surface area contributed by atoms with Crippen molar-refractivity contribution in [1.82, 2.24) is 4.57 Å². The summed E-state index contributed by atoms with van der Waals surface area (Å²) in [4.78, 5) is 0. The first kappa shape index (κ1) is 17.5. The molecular weight excluding hydrogens is 412 g/mol. The molecule has 3 aromatic rings. The van der Waals surface area contributed by atoms with Crippen LogP contribution in [0.4, 0.5) is 0 Å². The monoisotopic (exact) mass is 430 g/mol. The minimum Gasteiger partial charge on any atom is -1.00 e. The van der Waals surface area contributed by atoms with Crippen molar-refractivity contribution in [2.45, 2.75) is 18.1 Å². The number of hydrogen-bond donors (Lipinski definition) is 0. The van der Waals surface area contributed by atoms with E-state index in [4.69, 9.17) is 9.47 Å². The molecule has 2 aliphatic heterocycles. The Hall–Kier alpha value is -1.92. The molecular formula is C20H19BrN2O2S. The molecule has 3 heterocycles. The number of para-hydroxylation sites is 1. The van der Waals surface area contributed by atoms with E-state index in [1.54, 1.807) is 0 Å². The Labute approximate surface area is 167 Å². The van der Waals surface area contributed by atoms with Crippen molar-refractivity contribution in [1.29, 1.82) is 0 Å². The maximum atomic E-state index is 5.79. The lowest BCUT2D eigenvalue weighted by Gasteiger charge is -2.18. The van der Waals surface area contributed by atoms with Gasteiger partial charge in [0.1, 0.15) is 25.1 Å². The van der Waals surface area contributed by atoms with Crippen LogP contribution in [0.15, 0.2) is 59.9 Å². The van der Waals surface area contributed by atoms with Gasteiger partial charge >= 0.3 is 5.16 Å². The average Bonchev–Trinajstić information content (AvgIpc) is 3.08. The van der Waals surface area contributed by atoms with Crippen LogP contribution < -0.4 is 31.0 Å². The van der Waals surface area contributed by atoms with Crippen molar-refractivity contribution in [2.75, 3.05) is 19.0 Å². The van der Waals surface area contributed by atoms with Crippen molar-refractivity contribution in [3.05, 3.63) is 54.7 Å². The minimum atomic E-state index is 0. The third-order valence-corrected chi connectivity index (χ3v) is 5.75. The summed E-state index contributed by atoms with van der Waals surface area (Å²) in [7, 11) is 0. The van der Waals surface area contributed by atoms with Gasteiger partial charge in [0.15, 0.2) is 17.2 Å². The van der Waals surface area contributed by atoms with Gasteiger partial charge in [-0.05, 0) is 48.5 Å². The van der Waals surface area contributed by atoms with Crippen molar-refractivity contribution < 1.29 is 31.0 Å². The quantitative estimate of drug-likeness (QED) is 0.560. The lowest BCUT2D eigenvalue weighted by molar-refractivity contribution is -0.734. The molecule has 0 fully saturated rings. The molecule has 6 heteroatoms. The summed E-state index contributed by atoms with van der Waals surface area (Å²) in [5, 5.41) is 1.29. The Morgan fingerprint density at radius 1 is 0.962 bits per heavy atom. The van der Waals surface area contributed by atoms with E-state index in [0.29, 0.717) is 13.2 Å². The van der Waals surface area contributed by atoms with Gasteiger partial charge in [0.2, 0.25) is 0 Å². The van der Waals surface area contributed by atoms with Gasteiger partial charge in [-0.25, -0.2) is 4.57 Å². The van der Waals surface area contributed by atoms with Gasteiger partial charge in [-0.1, -0.05) is 18.2 Å². The maximum absolute atomic E-state index is 5.79. The van der Waals surface area contributed by atoms with Crippen molar-refractivity contribution in [3.8, 4) is 28.4 Å². The molecule has 134 valence electrons. The number of imidazole rings is 1. The first-order valence-corrected chi connectivity index (χ1v) is 9.62. The number of fused-ring (bicyclic) bond motifs is 2. The van der Waals surface area contributed by atoms with Crippen LogP contribution >= 0.6 is 11.8 Å². The molecule has 5 rings (SSSR count). The highest BCUT2D eigenvalue weighted by molar-refractivity contribution is 7.99. The molecule has 0 atom stereocenters. The smallest absolute Gasteiger partial charge is 0.323 e. The first-order valence-electron chi connectivity index (χ1n) is 8.63. The van der Waals surface area contributed by atoms with Crippen molar-refractivity contribution in [2.24, 2.45) is 0 Å². The molecule has 2 aromatic carbocycles. The number of benzene rings is 2. The molecule has 0 aliphatic carbocycles. The molecule has 0 N–H and O–H groups in total. The van der Waals surface area contributed by atoms with Gasteiger partial charge in [-0.15, -0.1) is 0 Å². The van der Waals surface area contributed by atoms with E-state index >= 15 is 0 Å². The van der Waals surface area contributed by atoms with Gasteiger partial charge in [0.05, 0.1) is 6.54 Å². The number of aryl methyl sites for hydroxylation is 1. The number of nitrogens with zero attached hydrogens (tertiary/aromatic N) is 2. The summed E-state index contributed by atoms with van der Waals surface area (Å²) < 4.78 is 16.2. The van der Waals surface area contributed by atoms with Crippen LogP contribution in [-0.4, -0.2) is 23.5 Å². The largest absolute Gasteiger partial charge is 1.00 e. The van der Waals surface area contributed by atoms with E-state index in [2.05, 4.69) is 57.8 Å². The molecule has 2 aliphatic rings. The zero-order valence-electron chi connectivity index (χ0n) is 14.2. The fourth-order valence-electron chi connectivity index (χ4n) is 3.43. The lowest BCUT2D eigenvalue weighted by Crippen LogP contribution is -3.00.